The summed E-state index contributed by atoms with van der Waals surface area (Å²) in [4.78, 5) is 0. The van der Waals surface area contributed by atoms with E-state index in [1.54, 1.807) is 13.0 Å². The Hall–Kier alpha value is -1.16. The Morgan fingerprint density at radius 1 is 1.27 bits per heavy atom. The molecule has 1 aromatic carbocycles. The standard InChI is InChI=1S/C11H15F2NO/c1-7-4-9(11(12,13)6-14)10(15-3)5-8(7)2/h4-5H,6,14H2,1-3H3. The van der Waals surface area contributed by atoms with E-state index in [1.807, 2.05) is 6.92 Å². The van der Waals surface area contributed by atoms with E-state index < -0.39 is 12.5 Å². The van der Waals surface area contributed by atoms with Gasteiger partial charge < -0.3 is 10.5 Å². The topological polar surface area (TPSA) is 35.2 Å². The van der Waals surface area contributed by atoms with Crippen LogP contribution in [0.4, 0.5) is 8.78 Å². The summed E-state index contributed by atoms with van der Waals surface area (Å²) in [6, 6.07) is 3.04. The highest BCUT2D eigenvalue weighted by molar-refractivity contribution is 5.44. The summed E-state index contributed by atoms with van der Waals surface area (Å²) in [5.41, 5.74) is 6.63. The lowest BCUT2D eigenvalue weighted by Gasteiger charge is -2.19. The number of hydrogen-bond donors (Lipinski definition) is 1. The SMILES string of the molecule is COc1cc(C)c(C)cc1C(F)(F)CN. The van der Waals surface area contributed by atoms with Gasteiger partial charge in [0.05, 0.1) is 19.2 Å². The van der Waals surface area contributed by atoms with Crippen molar-refractivity contribution in [1.82, 2.24) is 0 Å². The zero-order valence-electron chi connectivity index (χ0n) is 9.10. The minimum Gasteiger partial charge on any atom is -0.496 e. The monoisotopic (exact) mass is 215 g/mol. The largest absolute Gasteiger partial charge is 0.496 e. The van der Waals surface area contributed by atoms with Crippen LogP contribution in [0.25, 0.3) is 0 Å². The number of rotatable bonds is 3. The number of alkyl halides is 2. The summed E-state index contributed by atoms with van der Waals surface area (Å²) in [6.45, 7) is 2.92. The lowest BCUT2D eigenvalue weighted by Crippen LogP contribution is -2.26. The van der Waals surface area contributed by atoms with Crippen LogP contribution in [0.1, 0.15) is 16.7 Å². The average Bonchev–Trinajstić information content (AvgIpc) is 2.21. The van der Waals surface area contributed by atoms with E-state index in [0.29, 0.717) is 0 Å². The highest BCUT2D eigenvalue weighted by Gasteiger charge is 2.33. The van der Waals surface area contributed by atoms with E-state index in [4.69, 9.17) is 10.5 Å². The Labute approximate surface area is 88.0 Å². The van der Waals surface area contributed by atoms with E-state index >= 15 is 0 Å². The molecule has 1 rings (SSSR count). The summed E-state index contributed by atoms with van der Waals surface area (Å²) in [5, 5.41) is 0. The van der Waals surface area contributed by atoms with Crippen LogP contribution in [0.3, 0.4) is 0 Å². The van der Waals surface area contributed by atoms with Gasteiger partial charge >= 0.3 is 0 Å². The fourth-order valence-electron chi connectivity index (χ4n) is 1.35. The second-order valence-corrected chi connectivity index (χ2v) is 3.55. The van der Waals surface area contributed by atoms with E-state index in [-0.39, 0.29) is 11.3 Å². The normalized spacial score (nSPS) is 11.6. The van der Waals surface area contributed by atoms with Crippen LogP contribution >= 0.6 is 0 Å². The van der Waals surface area contributed by atoms with E-state index in [0.717, 1.165) is 11.1 Å². The molecule has 0 fully saturated rings. The molecule has 0 saturated heterocycles. The first-order valence-corrected chi connectivity index (χ1v) is 4.66. The minimum absolute atomic E-state index is 0.143. The smallest absolute Gasteiger partial charge is 0.288 e. The molecule has 0 heterocycles. The molecule has 0 radical (unpaired) electrons. The van der Waals surface area contributed by atoms with Crippen molar-refractivity contribution in [2.24, 2.45) is 5.73 Å². The van der Waals surface area contributed by atoms with Gasteiger partial charge in [-0.25, -0.2) is 0 Å². The average molecular weight is 215 g/mol. The van der Waals surface area contributed by atoms with Gasteiger partial charge in [0.1, 0.15) is 5.75 Å². The van der Waals surface area contributed by atoms with Crippen molar-refractivity contribution in [3.63, 3.8) is 0 Å². The second kappa shape index (κ2) is 4.14. The highest BCUT2D eigenvalue weighted by Crippen LogP contribution is 2.35. The van der Waals surface area contributed by atoms with Gasteiger partial charge in [0.25, 0.3) is 5.92 Å². The van der Waals surface area contributed by atoms with Crippen LogP contribution in [0.5, 0.6) is 5.75 Å². The van der Waals surface area contributed by atoms with Crippen LogP contribution in [-0.2, 0) is 5.92 Å². The van der Waals surface area contributed by atoms with Gasteiger partial charge in [-0.3, -0.25) is 0 Å². The van der Waals surface area contributed by atoms with Gasteiger partial charge in [-0.15, -0.1) is 0 Å². The van der Waals surface area contributed by atoms with Crippen LogP contribution < -0.4 is 10.5 Å². The molecule has 0 unspecified atom stereocenters. The first kappa shape index (κ1) is 11.9. The second-order valence-electron chi connectivity index (χ2n) is 3.55. The Morgan fingerprint density at radius 3 is 2.27 bits per heavy atom. The minimum atomic E-state index is -3.04. The van der Waals surface area contributed by atoms with Gasteiger partial charge in [0.15, 0.2) is 0 Å². The molecule has 0 aliphatic carbocycles. The van der Waals surface area contributed by atoms with Gasteiger partial charge in [-0.05, 0) is 37.1 Å². The number of halogens is 2. The number of ether oxygens (including phenoxy) is 1. The Bertz CT molecular complexity index is 364. The number of benzene rings is 1. The molecule has 2 nitrogen and oxygen atoms in total. The predicted molar refractivity (Wildman–Crippen MR) is 55.4 cm³/mol. The Kier molecular flexibility index (Phi) is 3.29. The molecular formula is C11H15F2NO. The zero-order chi connectivity index (χ0) is 11.6. The van der Waals surface area contributed by atoms with Gasteiger partial charge in [-0.2, -0.15) is 8.78 Å². The van der Waals surface area contributed by atoms with Crippen molar-refractivity contribution in [1.29, 1.82) is 0 Å². The molecule has 2 N–H and O–H groups in total. The molecular weight excluding hydrogens is 200 g/mol. The summed E-state index contributed by atoms with van der Waals surface area (Å²) in [5.74, 6) is -2.85. The fraction of sp³-hybridized carbons (Fsp3) is 0.455. The lowest BCUT2D eigenvalue weighted by atomic mass is 10.0. The third kappa shape index (κ3) is 2.26. The number of nitrogens with two attached hydrogens (primary N) is 1. The molecule has 0 bridgehead atoms. The molecule has 0 aliphatic rings. The van der Waals surface area contributed by atoms with Crippen LogP contribution in [0.2, 0.25) is 0 Å². The molecule has 84 valence electrons. The predicted octanol–water partition coefficient (Wildman–Crippen LogP) is 2.36. The molecule has 1 aromatic rings. The molecule has 15 heavy (non-hydrogen) atoms. The molecule has 0 amide bonds. The molecule has 0 spiro atoms. The van der Waals surface area contributed by atoms with Gasteiger partial charge in [0.2, 0.25) is 0 Å². The molecule has 0 aromatic heterocycles. The summed E-state index contributed by atoms with van der Waals surface area (Å²) >= 11 is 0. The van der Waals surface area contributed by atoms with E-state index in [2.05, 4.69) is 0 Å². The maximum Gasteiger partial charge on any atom is 0.288 e. The zero-order valence-corrected chi connectivity index (χ0v) is 9.10. The third-order valence-corrected chi connectivity index (χ3v) is 2.47. The fourth-order valence-corrected chi connectivity index (χ4v) is 1.35. The van der Waals surface area contributed by atoms with Gasteiger partial charge in [-0.1, -0.05) is 0 Å². The van der Waals surface area contributed by atoms with E-state index in [9.17, 15) is 8.78 Å². The van der Waals surface area contributed by atoms with Crippen molar-refractivity contribution in [2.75, 3.05) is 13.7 Å². The van der Waals surface area contributed by atoms with Crippen molar-refractivity contribution in [3.05, 3.63) is 28.8 Å². The highest BCUT2D eigenvalue weighted by atomic mass is 19.3. The first-order chi connectivity index (χ1) is 6.92. The maximum atomic E-state index is 13.4. The quantitative estimate of drug-likeness (QED) is 0.840. The number of aryl methyl sites for hydroxylation is 2. The van der Waals surface area contributed by atoms with Crippen molar-refractivity contribution in [2.45, 2.75) is 19.8 Å². The maximum absolute atomic E-state index is 13.4. The van der Waals surface area contributed by atoms with Crippen LogP contribution in [0.15, 0.2) is 12.1 Å². The van der Waals surface area contributed by atoms with Crippen molar-refractivity contribution >= 4 is 0 Å². The Morgan fingerprint density at radius 2 is 1.80 bits per heavy atom. The number of hydrogen-bond acceptors (Lipinski definition) is 2. The molecule has 0 aliphatic heterocycles. The Balaban J connectivity index is 3.34. The first-order valence-electron chi connectivity index (χ1n) is 4.66. The summed E-state index contributed by atoms with van der Waals surface area (Å²) in [7, 11) is 1.38. The summed E-state index contributed by atoms with van der Waals surface area (Å²) < 4.78 is 31.8. The molecule has 0 atom stereocenters. The number of methoxy groups -OCH3 is 1. The van der Waals surface area contributed by atoms with E-state index in [1.165, 1.54) is 13.2 Å². The van der Waals surface area contributed by atoms with Gasteiger partial charge in [0, 0.05) is 0 Å². The van der Waals surface area contributed by atoms with Crippen LogP contribution in [-0.4, -0.2) is 13.7 Å². The lowest BCUT2D eigenvalue weighted by molar-refractivity contribution is 0.00363. The third-order valence-electron chi connectivity index (χ3n) is 2.47. The molecule has 4 heteroatoms. The molecule has 0 saturated carbocycles. The summed E-state index contributed by atoms with van der Waals surface area (Å²) in [6.07, 6.45) is 0. The van der Waals surface area contributed by atoms with Crippen LogP contribution in [0, 0.1) is 13.8 Å². The van der Waals surface area contributed by atoms with Crippen molar-refractivity contribution in [3.8, 4) is 5.75 Å². The van der Waals surface area contributed by atoms with Crippen molar-refractivity contribution < 1.29 is 13.5 Å².